The number of thiazole rings is 1. The molecule has 2 aromatic heterocycles. The highest BCUT2D eigenvalue weighted by Gasteiger charge is 2.11. The fourth-order valence-corrected chi connectivity index (χ4v) is 2.90. The Hall–Kier alpha value is -2.39. The molecule has 0 unspecified atom stereocenters. The molecule has 3 rings (SSSR count). The first-order valence-electron chi connectivity index (χ1n) is 6.04. The van der Waals surface area contributed by atoms with Crippen molar-refractivity contribution in [3.8, 4) is 6.07 Å². The number of fused-ring (bicyclic) bond motifs is 1. The third-order valence-corrected chi connectivity index (χ3v) is 3.89. The van der Waals surface area contributed by atoms with Gasteiger partial charge in [0.15, 0.2) is 4.96 Å². The molecule has 0 atom stereocenters. The van der Waals surface area contributed by atoms with Crippen LogP contribution in [0.2, 0.25) is 0 Å². The molecule has 0 spiro atoms. The van der Waals surface area contributed by atoms with E-state index in [2.05, 4.69) is 10.3 Å². The highest BCUT2D eigenvalue weighted by atomic mass is 32.1. The molecule has 0 saturated carbocycles. The fourth-order valence-electron chi connectivity index (χ4n) is 2.12. The van der Waals surface area contributed by atoms with Gasteiger partial charge in [0.05, 0.1) is 23.6 Å². The maximum absolute atomic E-state index is 13.5. The molecule has 20 heavy (non-hydrogen) atoms. The van der Waals surface area contributed by atoms with Crippen LogP contribution in [-0.2, 0) is 6.54 Å². The van der Waals surface area contributed by atoms with Crippen LogP contribution in [0.4, 0.5) is 10.1 Å². The Balaban J connectivity index is 1.91. The van der Waals surface area contributed by atoms with Crippen molar-refractivity contribution in [2.24, 2.45) is 0 Å². The van der Waals surface area contributed by atoms with E-state index in [4.69, 9.17) is 5.26 Å². The molecule has 1 N–H and O–H groups in total. The number of imidazole rings is 1. The Bertz CT molecular complexity index is 812. The number of nitrogens with one attached hydrogen (secondary N) is 1. The predicted octanol–water partition coefficient (Wildman–Crippen LogP) is 3.33. The Labute approximate surface area is 119 Å². The lowest BCUT2D eigenvalue weighted by atomic mass is 10.2. The number of hydrogen-bond acceptors (Lipinski definition) is 4. The zero-order chi connectivity index (χ0) is 14.1. The van der Waals surface area contributed by atoms with Crippen LogP contribution in [0.1, 0.15) is 17.0 Å². The van der Waals surface area contributed by atoms with Gasteiger partial charge >= 0.3 is 0 Å². The topological polar surface area (TPSA) is 53.1 Å². The number of aromatic nitrogens is 2. The molecule has 0 bridgehead atoms. The minimum atomic E-state index is -0.511. The van der Waals surface area contributed by atoms with E-state index >= 15 is 0 Å². The van der Waals surface area contributed by atoms with Gasteiger partial charge in [-0.2, -0.15) is 5.26 Å². The summed E-state index contributed by atoms with van der Waals surface area (Å²) < 4.78 is 15.5. The molecule has 0 aliphatic carbocycles. The van der Waals surface area contributed by atoms with Gasteiger partial charge in [-0.15, -0.1) is 11.3 Å². The number of anilines is 1. The lowest BCUT2D eigenvalue weighted by Gasteiger charge is -2.08. The molecule has 100 valence electrons. The smallest absolute Gasteiger partial charge is 0.194 e. The average molecular weight is 286 g/mol. The zero-order valence-electron chi connectivity index (χ0n) is 10.7. The molecule has 0 saturated heterocycles. The molecule has 0 amide bonds. The van der Waals surface area contributed by atoms with E-state index in [1.807, 2.05) is 29.0 Å². The Morgan fingerprint density at radius 1 is 1.50 bits per heavy atom. The number of benzene rings is 1. The molecule has 0 radical (unpaired) electrons. The van der Waals surface area contributed by atoms with Crippen molar-refractivity contribution < 1.29 is 4.39 Å². The highest BCUT2D eigenvalue weighted by molar-refractivity contribution is 7.15. The summed E-state index contributed by atoms with van der Waals surface area (Å²) in [5, 5.41) is 14.1. The van der Waals surface area contributed by atoms with Gasteiger partial charge in [-0.25, -0.2) is 9.37 Å². The van der Waals surface area contributed by atoms with E-state index in [9.17, 15) is 4.39 Å². The van der Waals surface area contributed by atoms with Gasteiger partial charge in [-0.05, 0) is 19.1 Å². The second-order valence-electron chi connectivity index (χ2n) is 4.33. The molecule has 4 nitrogen and oxygen atoms in total. The molecule has 6 heteroatoms. The molecular formula is C14H11FN4S. The summed E-state index contributed by atoms with van der Waals surface area (Å²) in [6.07, 6.45) is 1.95. The van der Waals surface area contributed by atoms with Gasteiger partial charge in [0.1, 0.15) is 17.4 Å². The first-order valence-corrected chi connectivity index (χ1v) is 6.92. The molecular weight excluding hydrogens is 275 g/mol. The Morgan fingerprint density at radius 3 is 3.15 bits per heavy atom. The monoisotopic (exact) mass is 286 g/mol. The SMILES string of the molecule is Cc1nc2sccn2c1CNc1cccc(F)c1C#N. The van der Waals surface area contributed by atoms with Crippen LogP contribution in [-0.4, -0.2) is 9.38 Å². The maximum Gasteiger partial charge on any atom is 0.194 e. The number of nitriles is 1. The molecule has 0 aliphatic rings. The van der Waals surface area contributed by atoms with Crippen molar-refractivity contribution in [1.29, 1.82) is 5.26 Å². The first-order chi connectivity index (χ1) is 9.70. The van der Waals surface area contributed by atoms with E-state index < -0.39 is 5.82 Å². The van der Waals surface area contributed by atoms with Gasteiger partial charge in [0, 0.05) is 11.6 Å². The van der Waals surface area contributed by atoms with Gasteiger partial charge in [-0.3, -0.25) is 4.40 Å². The van der Waals surface area contributed by atoms with Crippen molar-refractivity contribution in [2.75, 3.05) is 5.32 Å². The van der Waals surface area contributed by atoms with Crippen molar-refractivity contribution >= 4 is 22.0 Å². The summed E-state index contributed by atoms with van der Waals surface area (Å²) in [6, 6.07) is 6.45. The average Bonchev–Trinajstić information content (AvgIpc) is 2.97. The van der Waals surface area contributed by atoms with Gasteiger partial charge < -0.3 is 5.32 Å². The van der Waals surface area contributed by atoms with Crippen LogP contribution >= 0.6 is 11.3 Å². The third-order valence-electron chi connectivity index (χ3n) is 3.13. The second-order valence-corrected chi connectivity index (χ2v) is 5.20. The molecule has 0 aliphatic heterocycles. The summed E-state index contributed by atoms with van der Waals surface area (Å²) in [5.74, 6) is -0.511. The van der Waals surface area contributed by atoms with Crippen molar-refractivity contribution in [1.82, 2.24) is 9.38 Å². The van der Waals surface area contributed by atoms with E-state index in [1.54, 1.807) is 23.5 Å². The number of nitrogens with zero attached hydrogens (tertiary/aromatic N) is 3. The van der Waals surface area contributed by atoms with Crippen molar-refractivity contribution in [2.45, 2.75) is 13.5 Å². The fraction of sp³-hybridized carbons (Fsp3) is 0.143. The van der Waals surface area contributed by atoms with Crippen LogP contribution in [0.15, 0.2) is 29.8 Å². The second kappa shape index (κ2) is 4.94. The summed E-state index contributed by atoms with van der Waals surface area (Å²) in [7, 11) is 0. The lowest BCUT2D eigenvalue weighted by Crippen LogP contribution is -2.05. The van der Waals surface area contributed by atoms with Crippen LogP contribution in [0.3, 0.4) is 0 Å². The van der Waals surface area contributed by atoms with Crippen LogP contribution < -0.4 is 5.32 Å². The summed E-state index contributed by atoms with van der Waals surface area (Å²) in [5.41, 5.74) is 2.47. The van der Waals surface area contributed by atoms with Crippen LogP contribution in [0.25, 0.3) is 4.96 Å². The number of aryl methyl sites for hydroxylation is 1. The van der Waals surface area contributed by atoms with Gasteiger partial charge in [-0.1, -0.05) is 6.07 Å². The molecule has 1 aromatic carbocycles. The summed E-state index contributed by atoms with van der Waals surface area (Å²) in [6.45, 7) is 2.43. The first kappa shape index (κ1) is 12.6. The third kappa shape index (κ3) is 2.02. The number of halogens is 1. The van der Waals surface area contributed by atoms with Crippen molar-refractivity contribution in [3.63, 3.8) is 0 Å². The standard InChI is InChI=1S/C14H11FN4S/c1-9-13(19-5-6-20-14(19)18-9)8-17-12-4-2-3-11(15)10(12)7-16/h2-6,17H,8H2,1H3. The van der Waals surface area contributed by atoms with Crippen molar-refractivity contribution in [3.05, 3.63) is 52.5 Å². The summed E-state index contributed by atoms with van der Waals surface area (Å²) in [4.78, 5) is 5.38. The minimum absolute atomic E-state index is 0.0382. The molecule has 3 aromatic rings. The van der Waals surface area contributed by atoms with E-state index in [0.717, 1.165) is 16.3 Å². The normalized spacial score (nSPS) is 10.7. The van der Waals surface area contributed by atoms with E-state index in [0.29, 0.717) is 12.2 Å². The Morgan fingerprint density at radius 2 is 2.35 bits per heavy atom. The van der Waals surface area contributed by atoms with Gasteiger partial charge in [0.2, 0.25) is 0 Å². The van der Waals surface area contributed by atoms with Crippen LogP contribution in [0, 0.1) is 24.1 Å². The molecule has 2 heterocycles. The molecule has 0 fully saturated rings. The Kier molecular flexibility index (Phi) is 3.12. The van der Waals surface area contributed by atoms with E-state index in [1.165, 1.54) is 6.07 Å². The largest absolute Gasteiger partial charge is 0.378 e. The number of hydrogen-bond donors (Lipinski definition) is 1. The van der Waals surface area contributed by atoms with Crippen LogP contribution in [0.5, 0.6) is 0 Å². The highest BCUT2D eigenvalue weighted by Crippen LogP contribution is 2.21. The minimum Gasteiger partial charge on any atom is -0.378 e. The lowest BCUT2D eigenvalue weighted by molar-refractivity contribution is 0.624. The quantitative estimate of drug-likeness (QED) is 0.803. The van der Waals surface area contributed by atoms with E-state index in [-0.39, 0.29) is 5.56 Å². The van der Waals surface area contributed by atoms with Gasteiger partial charge in [0.25, 0.3) is 0 Å². The zero-order valence-corrected chi connectivity index (χ0v) is 11.5. The number of rotatable bonds is 3. The maximum atomic E-state index is 13.5. The summed E-state index contributed by atoms with van der Waals surface area (Å²) >= 11 is 1.57. The predicted molar refractivity (Wildman–Crippen MR) is 76.2 cm³/mol.